The summed E-state index contributed by atoms with van der Waals surface area (Å²) >= 11 is 8.15. The van der Waals surface area contributed by atoms with Crippen LogP contribution in [0.4, 0.5) is 0 Å². The number of ether oxygens (including phenoxy) is 1. The number of halogens is 2. The lowest BCUT2D eigenvalue weighted by atomic mass is 10.3. The summed E-state index contributed by atoms with van der Waals surface area (Å²) < 4.78 is 12.1. The van der Waals surface area contributed by atoms with Gasteiger partial charge in [0.15, 0.2) is 0 Å². The first-order valence-electron chi connectivity index (χ1n) is 4.85. The van der Waals surface area contributed by atoms with Gasteiger partial charge in [-0.25, -0.2) is 4.79 Å². The Morgan fingerprint density at radius 1 is 1.61 bits per heavy atom. The van der Waals surface area contributed by atoms with E-state index in [9.17, 15) is 4.79 Å². The first kappa shape index (κ1) is 13.6. The number of nitrogens with zero attached hydrogens (tertiary/aromatic N) is 1. The molecule has 0 atom stereocenters. The molecule has 0 radical (unpaired) electrons. The Kier molecular flexibility index (Phi) is 4.08. The van der Waals surface area contributed by atoms with E-state index in [0.717, 1.165) is 7.57 Å². The maximum atomic E-state index is 11.0. The highest BCUT2D eigenvalue weighted by Crippen LogP contribution is 2.39. The molecule has 0 unspecified atom stereocenters. The van der Waals surface area contributed by atoms with Gasteiger partial charge in [-0.1, -0.05) is 0 Å². The molecule has 0 saturated heterocycles. The van der Waals surface area contributed by atoms with Crippen molar-refractivity contribution >= 4 is 49.2 Å². The number of aromatic nitrogens is 1. The number of carboxylic acid groups (broad SMARTS) is 1. The molecule has 8 heteroatoms. The number of carboxylic acids is 1. The van der Waals surface area contributed by atoms with Crippen molar-refractivity contribution in [1.82, 2.24) is 4.98 Å². The predicted octanol–water partition coefficient (Wildman–Crippen LogP) is 4.03. The van der Waals surface area contributed by atoms with Gasteiger partial charge >= 0.3 is 11.9 Å². The lowest BCUT2D eigenvalue weighted by Crippen LogP contribution is -2.01. The van der Waals surface area contributed by atoms with Crippen molar-refractivity contribution in [3.8, 4) is 17.4 Å². The highest BCUT2D eigenvalue weighted by molar-refractivity contribution is 9.12. The molecule has 0 bridgehead atoms. The quantitative estimate of drug-likeness (QED) is 0.844. The maximum absolute atomic E-state index is 11.0. The first-order valence-corrected chi connectivity index (χ1v) is 7.25. The van der Waals surface area contributed by atoms with Gasteiger partial charge in [0.1, 0.15) is 0 Å². The largest absolute Gasteiger partial charge is 0.476 e. The van der Waals surface area contributed by atoms with Gasteiger partial charge in [-0.3, -0.25) is 0 Å². The van der Waals surface area contributed by atoms with Crippen molar-refractivity contribution < 1.29 is 19.1 Å². The number of oxazole rings is 1. The van der Waals surface area contributed by atoms with Crippen molar-refractivity contribution in [2.75, 3.05) is 6.61 Å². The number of hydrogen-bond donors (Lipinski definition) is 1. The molecule has 0 amide bonds. The second kappa shape index (κ2) is 5.41. The van der Waals surface area contributed by atoms with E-state index in [1.165, 1.54) is 11.3 Å². The highest BCUT2D eigenvalue weighted by Gasteiger charge is 2.23. The van der Waals surface area contributed by atoms with Crippen molar-refractivity contribution in [2.24, 2.45) is 0 Å². The minimum atomic E-state index is -1.18. The summed E-state index contributed by atoms with van der Waals surface area (Å²) in [6, 6.07) is 1.79. The van der Waals surface area contributed by atoms with Gasteiger partial charge in [-0.05, 0) is 44.8 Å². The standard InChI is InChI=1S/C10H7Br2NO4S/c1-2-16-10-6(9(14)15)13-8(17-10)4-3-5(11)18-7(4)12/h3H,2H2,1H3,(H,14,15). The van der Waals surface area contributed by atoms with Gasteiger partial charge in [-0.2, -0.15) is 4.98 Å². The third-order valence-electron chi connectivity index (χ3n) is 1.96. The molecule has 96 valence electrons. The van der Waals surface area contributed by atoms with E-state index in [-0.39, 0.29) is 17.5 Å². The van der Waals surface area contributed by atoms with E-state index >= 15 is 0 Å². The molecule has 1 N–H and O–H groups in total. The monoisotopic (exact) mass is 395 g/mol. The fourth-order valence-corrected chi connectivity index (χ4v) is 4.05. The minimum absolute atomic E-state index is 0.0748. The van der Waals surface area contributed by atoms with Crippen LogP contribution in [0.2, 0.25) is 0 Å². The molecular weight excluding hydrogens is 390 g/mol. The molecule has 0 aliphatic rings. The topological polar surface area (TPSA) is 72.6 Å². The van der Waals surface area contributed by atoms with E-state index in [4.69, 9.17) is 14.3 Å². The van der Waals surface area contributed by atoms with Gasteiger partial charge in [0.05, 0.1) is 19.7 Å². The Balaban J connectivity index is 2.49. The average molecular weight is 397 g/mol. The van der Waals surface area contributed by atoms with Crippen LogP contribution >= 0.6 is 43.2 Å². The summed E-state index contributed by atoms with van der Waals surface area (Å²) in [7, 11) is 0. The number of aromatic carboxylic acids is 1. The van der Waals surface area contributed by atoms with Crippen molar-refractivity contribution in [1.29, 1.82) is 0 Å². The highest BCUT2D eigenvalue weighted by atomic mass is 79.9. The number of thiophene rings is 1. The average Bonchev–Trinajstić information content (AvgIpc) is 2.83. The van der Waals surface area contributed by atoms with Crippen LogP contribution < -0.4 is 4.74 Å². The molecular formula is C10H7Br2NO4S. The van der Waals surface area contributed by atoms with E-state index in [0.29, 0.717) is 12.2 Å². The number of carbonyl (C=O) groups is 1. The zero-order valence-electron chi connectivity index (χ0n) is 9.07. The molecule has 2 aromatic rings. The molecule has 0 saturated carbocycles. The van der Waals surface area contributed by atoms with Crippen LogP contribution in [0, 0.1) is 0 Å². The molecule has 0 aliphatic carbocycles. The number of rotatable bonds is 4. The van der Waals surface area contributed by atoms with Crippen LogP contribution in [0.1, 0.15) is 17.4 Å². The summed E-state index contributed by atoms with van der Waals surface area (Å²) in [5.41, 5.74) is 0.460. The van der Waals surface area contributed by atoms with E-state index < -0.39 is 5.97 Å². The molecule has 2 aromatic heterocycles. The van der Waals surface area contributed by atoms with Crippen LogP contribution in [0.3, 0.4) is 0 Å². The molecule has 2 heterocycles. The Bertz CT molecular complexity index is 593. The lowest BCUT2D eigenvalue weighted by molar-refractivity contribution is 0.0683. The molecule has 0 aromatic carbocycles. The molecule has 0 spiro atoms. The predicted molar refractivity (Wildman–Crippen MR) is 73.3 cm³/mol. The summed E-state index contributed by atoms with van der Waals surface area (Å²) in [5, 5.41) is 9.01. The first-order chi connectivity index (χ1) is 8.52. The summed E-state index contributed by atoms with van der Waals surface area (Å²) in [4.78, 5) is 14.9. The minimum Gasteiger partial charge on any atom is -0.476 e. The smallest absolute Gasteiger partial charge is 0.362 e. The van der Waals surface area contributed by atoms with Crippen LogP contribution in [0.25, 0.3) is 11.5 Å². The second-order valence-electron chi connectivity index (χ2n) is 3.13. The SMILES string of the molecule is CCOc1oc(-c2cc(Br)sc2Br)nc1C(=O)O. The van der Waals surface area contributed by atoms with Gasteiger partial charge in [0, 0.05) is 0 Å². The third-order valence-corrected chi connectivity index (χ3v) is 4.30. The molecule has 2 rings (SSSR count). The maximum Gasteiger partial charge on any atom is 0.362 e. The number of hydrogen-bond acceptors (Lipinski definition) is 5. The Morgan fingerprint density at radius 2 is 2.33 bits per heavy atom. The Hall–Kier alpha value is -0.860. The fraction of sp³-hybridized carbons (Fsp3) is 0.200. The zero-order valence-corrected chi connectivity index (χ0v) is 13.1. The molecule has 18 heavy (non-hydrogen) atoms. The van der Waals surface area contributed by atoms with E-state index in [1.807, 2.05) is 0 Å². The second-order valence-corrected chi connectivity index (χ2v) is 6.88. The summed E-state index contributed by atoms with van der Waals surface area (Å²) in [6.45, 7) is 2.05. The van der Waals surface area contributed by atoms with Gasteiger partial charge in [0.2, 0.25) is 11.6 Å². The zero-order chi connectivity index (χ0) is 13.3. The third kappa shape index (κ3) is 2.60. The molecule has 5 nitrogen and oxygen atoms in total. The van der Waals surface area contributed by atoms with Crippen molar-refractivity contribution in [3.05, 3.63) is 19.3 Å². The normalized spacial score (nSPS) is 10.6. The van der Waals surface area contributed by atoms with Gasteiger partial charge < -0.3 is 14.3 Å². The molecule has 0 fully saturated rings. The van der Waals surface area contributed by atoms with E-state index in [1.54, 1.807) is 13.0 Å². The Labute approximate surface area is 123 Å². The lowest BCUT2D eigenvalue weighted by Gasteiger charge is -1.96. The van der Waals surface area contributed by atoms with Gasteiger partial charge in [-0.15, -0.1) is 11.3 Å². The van der Waals surface area contributed by atoms with Gasteiger partial charge in [0.25, 0.3) is 0 Å². The van der Waals surface area contributed by atoms with Crippen LogP contribution in [0.5, 0.6) is 5.95 Å². The van der Waals surface area contributed by atoms with Crippen molar-refractivity contribution in [2.45, 2.75) is 6.92 Å². The van der Waals surface area contributed by atoms with Crippen molar-refractivity contribution in [3.63, 3.8) is 0 Å². The Morgan fingerprint density at radius 3 is 2.83 bits per heavy atom. The van der Waals surface area contributed by atoms with Crippen LogP contribution in [-0.4, -0.2) is 22.7 Å². The summed E-state index contributed by atoms with van der Waals surface area (Å²) in [5.74, 6) is -1.04. The molecule has 0 aliphatic heterocycles. The van der Waals surface area contributed by atoms with E-state index in [2.05, 4.69) is 36.8 Å². The summed E-state index contributed by atoms with van der Waals surface area (Å²) in [6.07, 6.45) is 0. The van der Waals surface area contributed by atoms with Crippen LogP contribution in [0.15, 0.2) is 18.1 Å². The van der Waals surface area contributed by atoms with Crippen LogP contribution in [-0.2, 0) is 0 Å². The fourth-order valence-electron chi connectivity index (χ4n) is 1.27.